The summed E-state index contributed by atoms with van der Waals surface area (Å²) in [5, 5.41) is 6.00. The van der Waals surface area contributed by atoms with Gasteiger partial charge in [-0.05, 0) is 61.9 Å². The number of carbonyl (C=O) groups excluding carboxylic acids is 2. The molecule has 0 unspecified atom stereocenters. The number of hydrazine groups is 1. The van der Waals surface area contributed by atoms with Crippen LogP contribution in [0.15, 0.2) is 73.2 Å². The van der Waals surface area contributed by atoms with Crippen LogP contribution in [0.2, 0.25) is 5.02 Å². The number of urea groups is 1. The van der Waals surface area contributed by atoms with Crippen LogP contribution >= 0.6 is 11.6 Å². The Balaban J connectivity index is 1.46. The Bertz CT molecular complexity index is 1410. The number of pyridine rings is 1. The predicted octanol–water partition coefficient (Wildman–Crippen LogP) is 5.44. The van der Waals surface area contributed by atoms with E-state index in [2.05, 4.69) is 26.5 Å². The normalized spacial score (nSPS) is 10.4. The van der Waals surface area contributed by atoms with Crippen molar-refractivity contribution in [2.75, 3.05) is 17.8 Å². The number of anilines is 2. The Morgan fingerprint density at radius 2 is 1.78 bits per heavy atom. The third-order valence-corrected chi connectivity index (χ3v) is 5.83. The number of rotatable bonds is 7. The molecule has 2 heterocycles. The summed E-state index contributed by atoms with van der Waals surface area (Å²) in [5.74, 6) is 0.711. The van der Waals surface area contributed by atoms with Crippen molar-refractivity contribution in [2.24, 2.45) is 0 Å². The van der Waals surface area contributed by atoms with Crippen molar-refractivity contribution in [3.05, 3.63) is 95.0 Å². The fourth-order valence-electron chi connectivity index (χ4n) is 3.47. The van der Waals surface area contributed by atoms with Gasteiger partial charge in [-0.3, -0.25) is 20.6 Å². The van der Waals surface area contributed by atoms with Gasteiger partial charge < -0.3 is 19.9 Å². The highest BCUT2D eigenvalue weighted by atomic mass is 35.5. The highest BCUT2D eigenvalue weighted by molar-refractivity contribution is 6.31. The second-order valence-corrected chi connectivity index (χ2v) is 8.31. The van der Waals surface area contributed by atoms with Gasteiger partial charge in [-0.25, -0.2) is 4.79 Å². The second-order valence-electron chi connectivity index (χ2n) is 7.90. The topological polar surface area (TPSA) is 109 Å². The maximum atomic E-state index is 12.7. The molecule has 36 heavy (non-hydrogen) atoms. The van der Waals surface area contributed by atoms with E-state index < -0.39 is 6.03 Å². The number of hydrogen-bond donors (Lipinski definition) is 4. The van der Waals surface area contributed by atoms with E-state index in [0.29, 0.717) is 27.9 Å². The van der Waals surface area contributed by atoms with Gasteiger partial charge in [0.1, 0.15) is 17.2 Å². The van der Waals surface area contributed by atoms with Crippen LogP contribution in [-0.2, 0) is 0 Å². The lowest BCUT2D eigenvalue weighted by Gasteiger charge is -2.17. The first-order valence-electron chi connectivity index (χ1n) is 11.1. The van der Waals surface area contributed by atoms with Gasteiger partial charge in [-0.1, -0.05) is 17.7 Å². The van der Waals surface area contributed by atoms with E-state index in [-0.39, 0.29) is 11.6 Å². The van der Waals surface area contributed by atoms with Gasteiger partial charge in [0.15, 0.2) is 0 Å². The van der Waals surface area contributed by atoms with Crippen LogP contribution in [0, 0.1) is 13.8 Å². The minimum Gasteiger partial charge on any atom is -0.457 e. The molecule has 9 nitrogen and oxygen atoms in total. The molecule has 184 valence electrons. The summed E-state index contributed by atoms with van der Waals surface area (Å²) in [6.45, 7) is 3.73. The molecule has 0 radical (unpaired) electrons. The Morgan fingerprint density at radius 3 is 2.53 bits per heavy atom. The van der Waals surface area contributed by atoms with Crippen molar-refractivity contribution in [3.63, 3.8) is 0 Å². The Morgan fingerprint density at radius 1 is 1.00 bits per heavy atom. The first-order chi connectivity index (χ1) is 17.4. The number of nitrogens with one attached hydrogen (secondary N) is 4. The van der Waals surface area contributed by atoms with Gasteiger partial charge in [0.2, 0.25) is 0 Å². The lowest BCUT2D eigenvalue weighted by Crippen LogP contribution is -2.34. The van der Waals surface area contributed by atoms with Crippen molar-refractivity contribution in [1.82, 2.24) is 20.3 Å². The lowest BCUT2D eigenvalue weighted by molar-refractivity contribution is 0.0958. The highest BCUT2D eigenvalue weighted by Crippen LogP contribution is 2.30. The first kappa shape index (κ1) is 24.6. The number of benzene rings is 2. The summed E-state index contributed by atoms with van der Waals surface area (Å²) in [5.41, 5.74) is 9.41. The fourth-order valence-corrected chi connectivity index (χ4v) is 3.63. The average molecular weight is 505 g/mol. The number of aryl methyl sites for hydroxylation is 1. The van der Waals surface area contributed by atoms with Gasteiger partial charge in [-0.15, -0.1) is 0 Å². The van der Waals surface area contributed by atoms with Crippen molar-refractivity contribution in [1.29, 1.82) is 0 Å². The SMILES string of the molecule is CNC(=O)c1cc(Oc2cccc(NNC(=O)Nc3cc(C)c(Cl)cc3-n3cccc3)c2C)ccn1. The molecule has 0 fully saturated rings. The molecule has 0 bridgehead atoms. The van der Waals surface area contributed by atoms with E-state index >= 15 is 0 Å². The zero-order chi connectivity index (χ0) is 25.7. The molecular weight excluding hydrogens is 480 g/mol. The molecule has 4 aromatic rings. The van der Waals surface area contributed by atoms with Gasteiger partial charge >= 0.3 is 6.03 Å². The molecule has 2 aromatic carbocycles. The van der Waals surface area contributed by atoms with E-state index in [4.69, 9.17) is 16.3 Å². The second kappa shape index (κ2) is 10.8. The quantitative estimate of drug-likeness (QED) is 0.250. The molecule has 0 spiro atoms. The molecule has 0 aliphatic heterocycles. The van der Waals surface area contributed by atoms with Crippen LogP contribution in [0.3, 0.4) is 0 Å². The third kappa shape index (κ3) is 5.59. The summed E-state index contributed by atoms with van der Waals surface area (Å²) < 4.78 is 7.83. The molecule has 4 rings (SSSR count). The molecule has 10 heteroatoms. The number of carbonyl (C=O) groups is 2. The standard InChI is InChI=1S/C26H25ClN6O3/c1-16-13-21(23(15-19(16)27)33-11-4-5-12-33)30-26(35)32-31-20-7-6-8-24(17(20)2)36-18-9-10-29-22(14-18)25(34)28-3/h4-15,31H,1-3H3,(H,28,34)(H2,30,32,35). The number of halogens is 1. The van der Waals surface area contributed by atoms with Crippen LogP contribution in [0.25, 0.3) is 5.69 Å². The average Bonchev–Trinajstić information content (AvgIpc) is 3.41. The van der Waals surface area contributed by atoms with Crippen molar-refractivity contribution < 1.29 is 14.3 Å². The summed E-state index contributed by atoms with van der Waals surface area (Å²) in [6, 6.07) is 15.6. The smallest absolute Gasteiger partial charge is 0.337 e. The van der Waals surface area contributed by atoms with Crippen molar-refractivity contribution >= 4 is 34.9 Å². The van der Waals surface area contributed by atoms with Crippen molar-refractivity contribution in [2.45, 2.75) is 13.8 Å². The Hall–Kier alpha value is -4.50. The number of hydrogen-bond acceptors (Lipinski definition) is 5. The van der Waals surface area contributed by atoms with E-state index in [0.717, 1.165) is 16.8 Å². The molecule has 2 aromatic heterocycles. The zero-order valence-corrected chi connectivity index (χ0v) is 20.7. The minimum absolute atomic E-state index is 0.247. The van der Waals surface area contributed by atoms with Gasteiger partial charge in [0.05, 0.1) is 17.1 Å². The molecule has 0 saturated carbocycles. The summed E-state index contributed by atoms with van der Waals surface area (Å²) >= 11 is 6.31. The predicted molar refractivity (Wildman–Crippen MR) is 140 cm³/mol. The number of nitrogens with zero attached hydrogens (tertiary/aromatic N) is 2. The number of aromatic nitrogens is 2. The van der Waals surface area contributed by atoms with Crippen LogP contribution < -0.4 is 26.2 Å². The molecule has 4 N–H and O–H groups in total. The maximum Gasteiger partial charge on any atom is 0.337 e. The highest BCUT2D eigenvalue weighted by Gasteiger charge is 2.13. The molecule has 0 aliphatic carbocycles. The van der Waals surface area contributed by atoms with Gasteiger partial charge in [-0.2, -0.15) is 0 Å². The third-order valence-electron chi connectivity index (χ3n) is 5.42. The molecule has 0 saturated heterocycles. The Kier molecular flexibility index (Phi) is 7.41. The molecular formula is C26H25ClN6O3. The molecule has 0 aliphatic rings. The van der Waals surface area contributed by atoms with E-state index in [1.165, 1.54) is 13.2 Å². The number of amides is 3. The Labute approximate surface area is 213 Å². The number of ether oxygens (including phenoxy) is 1. The van der Waals surface area contributed by atoms with E-state index in [1.54, 1.807) is 30.3 Å². The largest absolute Gasteiger partial charge is 0.457 e. The van der Waals surface area contributed by atoms with E-state index in [1.807, 2.05) is 55.1 Å². The summed E-state index contributed by atoms with van der Waals surface area (Å²) in [4.78, 5) is 28.6. The zero-order valence-electron chi connectivity index (χ0n) is 19.9. The minimum atomic E-state index is -0.458. The summed E-state index contributed by atoms with van der Waals surface area (Å²) in [7, 11) is 1.54. The first-order valence-corrected chi connectivity index (χ1v) is 11.5. The van der Waals surface area contributed by atoms with Crippen molar-refractivity contribution in [3.8, 4) is 17.2 Å². The van der Waals surface area contributed by atoms with Crippen LogP contribution in [0.1, 0.15) is 21.6 Å². The lowest BCUT2D eigenvalue weighted by atomic mass is 10.2. The fraction of sp³-hybridized carbons (Fsp3) is 0.115. The monoisotopic (exact) mass is 504 g/mol. The summed E-state index contributed by atoms with van der Waals surface area (Å²) in [6.07, 6.45) is 5.25. The van der Waals surface area contributed by atoms with E-state index in [9.17, 15) is 9.59 Å². The van der Waals surface area contributed by atoms with Crippen LogP contribution in [-0.4, -0.2) is 28.5 Å². The van der Waals surface area contributed by atoms with Crippen LogP contribution in [0.4, 0.5) is 16.2 Å². The van der Waals surface area contributed by atoms with Gasteiger partial charge in [0.25, 0.3) is 5.91 Å². The van der Waals surface area contributed by atoms with Gasteiger partial charge in [0, 0.05) is 42.3 Å². The molecule has 0 atom stereocenters. The maximum absolute atomic E-state index is 12.7. The molecule has 3 amide bonds. The van der Waals surface area contributed by atoms with Crippen LogP contribution in [0.5, 0.6) is 11.5 Å².